The molecule has 2 unspecified atom stereocenters. The minimum atomic E-state index is -0.119. The third-order valence-corrected chi connectivity index (χ3v) is 4.14. The van der Waals surface area contributed by atoms with Crippen molar-refractivity contribution in [3.63, 3.8) is 0 Å². The Labute approximate surface area is 99.4 Å². The van der Waals surface area contributed by atoms with Gasteiger partial charge in [-0.3, -0.25) is 0 Å². The first-order valence-electron chi connectivity index (χ1n) is 7.14. The molecule has 1 heterocycles. The summed E-state index contributed by atoms with van der Waals surface area (Å²) in [5.41, 5.74) is 0. The summed E-state index contributed by atoms with van der Waals surface area (Å²) in [6.07, 6.45) is 12.6. The second-order valence-electron chi connectivity index (χ2n) is 5.62. The van der Waals surface area contributed by atoms with Crippen LogP contribution in [0.25, 0.3) is 0 Å². The minimum Gasteiger partial charge on any atom is -0.393 e. The molecule has 1 saturated carbocycles. The van der Waals surface area contributed by atoms with Gasteiger partial charge in [0.1, 0.15) is 0 Å². The molecule has 2 heteroatoms. The highest BCUT2D eigenvalue weighted by Gasteiger charge is 2.22. The van der Waals surface area contributed by atoms with Gasteiger partial charge in [-0.2, -0.15) is 0 Å². The summed E-state index contributed by atoms with van der Waals surface area (Å²) in [6.45, 7) is 0.904. The molecule has 0 aromatic carbocycles. The zero-order valence-corrected chi connectivity index (χ0v) is 10.4. The second kappa shape index (κ2) is 6.61. The Kier molecular flexibility index (Phi) is 5.11. The molecule has 2 nitrogen and oxygen atoms in total. The molecule has 0 amide bonds. The highest BCUT2D eigenvalue weighted by Crippen LogP contribution is 2.29. The first-order chi connectivity index (χ1) is 7.84. The monoisotopic (exact) mass is 226 g/mol. The van der Waals surface area contributed by atoms with Crippen molar-refractivity contribution < 1.29 is 9.84 Å². The Bertz CT molecular complexity index is 161. The van der Waals surface area contributed by atoms with Gasteiger partial charge >= 0.3 is 0 Å². The van der Waals surface area contributed by atoms with Crippen molar-refractivity contribution in [2.75, 3.05) is 6.61 Å². The maximum absolute atomic E-state index is 10.1. The number of aliphatic hydroxyl groups excluding tert-OH is 1. The molecular formula is C14H26O2. The molecule has 2 atom stereocenters. The van der Waals surface area contributed by atoms with E-state index >= 15 is 0 Å². The van der Waals surface area contributed by atoms with Crippen molar-refractivity contribution in [2.24, 2.45) is 5.92 Å². The van der Waals surface area contributed by atoms with Gasteiger partial charge in [0.05, 0.1) is 12.2 Å². The molecule has 0 spiro atoms. The standard InChI is InChI=1S/C14H26O2/c15-13(10-12-6-2-1-3-7-12)11-14-8-4-5-9-16-14/h12-15H,1-11H2. The fourth-order valence-corrected chi connectivity index (χ4v) is 3.20. The molecule has 0 bridgehead atoms. The van der Waals surface area contributed by atoms with E-state index in [4.69, 9.17) is 4.74 Å². The molecule has 16 heavy (non-hydrogen) atoms. The number of rotatable bonds is 4. The molecule has 1 aliphatic heterocycles. The quantitative estimate of drug-likeness (QED) is 0.797. The summed E-state index contributed by atoms with van der Waals surface area (Å²) in [4.78, 5) is 0. The summed E-state index contributed by atoms with van der Waals surface area (Å²) in [7, 11) is 0. The molecule has 2 rings (SSSR count). The maximum Gasteiger partial charge on any atom is 0.0599 e. The fourth-order valence-electron chi connectivity index (χ4n) is 3.20. The summed E-state index contributed by atoms with van der Waals surface area (Å²) >= 11 is 0. The second-order valence-corrected chi connectivity index (χ2v) is 5.62. The van der Waals surface area contributed by atoms with Crippen LogP contribution in [0, 0.1) is 5.92 Å². The van der Waals surface area contributed by atoms with Crippen LogP contribution in [0.1, 0.15) is 64.2 Å². The summed E-state index contributed by atoms with van der Waals surface area (Å²) < 4.78 is 5.68. The molecule has 94 valence electrons. The fraction of sp³-hybridized carbons (Fsp3) is 1.00. The highest BCUT2D eigenvalue weighted by molar-refractivity contribution is 4.73. The minimum absolute atomic E-state index is 0.119. The maximum atomic E-state index is 10.1. The van der Waals surface area contributed by atoms with E-state index in [1.807, 2.05) is 0 Å². The van der Waals surface area contributed by atoms with Gasteiger partial charge in [-0.05, 0) is 38.0 Å². The van der Waals surface area contributed by atoms with Gasteiger partial charge in [-0.1, -0.05) is 32.1 Å². The lowest BCUT2D eigenvalue weighted by Crippen LogP contribution is -2.26. The van der Waals surface area contributed by atoms with Crippen LogP contribution in [0.2, 0.25) is 0 Å². The molecule has 0 aromatic rings. The average Bonchev–Trinajstić information content (AvgIpc) is 2.31. The lowest BCUT2D eigenvalue weighted by atomic mass is 9.84. The van der Waals surface area contributed by atoms with Crippen LogP contribution >= 0.6 is 0 Å². The zero-order valence-electron chi connectivity index (χ0n) is 10.4. The largest absolute Gasteiger partial charge is 0.393 e. The Balaban J connectivity index is 1.64. The molecule has 1 N–H and O–H groups in total. The van der Waals surface area contributed by atoms with Crippen molar-refractivity contribution in [2.45, 2.75) is 76.4 Å². The number of hydrogen-bond donors (Lipinski definition) is 1. The van der Waals surface area contributed by atoms with Crippen LogP contribution < -0.4 is 0 Å². The Morgan fingerprint density at radius 3 is 2.38 bits per heavy atom. The number of hydrogen-bond acceptors (Lipinski definition) is 2. The first-order valence-corrected chi connectivity index (χ1v) is 7.14. The van der Waals surface area contributed by atoms with Crippen molar-refractivity contribution in [3.05, 3.63) is 0 Å². The normalized spacial score (nSPS) is 30.2. The van der Waals surface area contributed by atoms with Gasteiger partial charge in [0, 0.05) is 6.61 Å². The van der Waals surface area contributed by atoms with Crippen LogP contribution in [0.15, 0.2) is 0 Å². The molecule has 0 radical (unpaired) electrons. The predicted octanol–water partition coefficient (Wildman–Crippen LogP) is 3.28. The Hall–Kier alpha value is -0.0800. The zero-order chi connectivity index (χ0) is 11.2. The SMILES string of the molecule is OC(CC1CCCCC1)CC1CCCCO1. The Morgan fingerprint density at radius 2 is 1.69 bits per heavy atom. The lowest BCUT2D eigenvalue weighted by Gasteiger charge is -2.28. The van der Waals surface area contributed by atoms with E-state index in [0.717, 1.165) is 31.8 Å². The van der Waals surface area contributed by atoms with E-state index in [1.165, 1.54) is 44.9 Å². The van der Waals surface area contributed by atoms with E-state index in [1.54, 1.807) is 0 Å². The smallest absolute Gasteiger partial charge is 0.0599 e. The molecule has 0 aromatic heterocycles. The first kappa shape index (κ1) is 12.4. The molecule has 2 aliphatic rings. The number of aliphatic hydroxyl groups is 1. The van der Waals surface area contributed by atoms with E-state index < -0.39 is 0 Å². The van der Waals surface area contributed by atoms with Gasteiger partial charge in [0.15, 0.2) is 0 Å². The predicted molar refractivity (Wildman–Crippen MR) is 65.4 cm³/mol. The molecular weight excluding hydrogens is 200 g/mol. The summed E-state index contributed by atoms with van der Waals surface area (Å²) in [5, 5.41) is 10.1. The van der Waals surface area contributed by atoms with E-state index in [-0.39, 0.29) is 6.10 Å². The average molecular weight is 226 g/mol. The number of ether oxygens (including phenoxy) is 1. The van der Waals surface area contributed by atoms with Gasteiger partial charge in [-0.25, -0.2) is 0 Å². The van der Waals surface area contributed by atoms with Gasteiger partial charge in [0.25, 0.3) is 0 Å². The van der Waals surface area contributed by atoms with E-state index in [0.29, 0.717) is 6.10 Å². The molecule has 1 saturated heterocycles. The Morgan fingerprint density at radius 1 is 0.938 bits per heavy atom. The van der Waals surface area contributed by atoms with Gasteiger partial charge in [0.2, 0.25) is 0 Å². The van der Waals surface area contributed by atoms with Crippen molar-refractivity contribution in [3.8, 4) is 0 Å². The summed E-state index contributed by atoms with van der Waals surface area (Å²) in [5.74, 6) is 0.785. The van der Waals surface area contributed by atoms with Crippen molar-refractivity contribution in [1.29, 1.82) is 0 Å². The third kappa shape index (κ3) is 4.06. The van der Waals surface area contributed by atoms with Crippen LogP contribution in [0.3, 0.4) is 0 Å². The third-order valence-electron chi connectivity index (χ3n) is 4.14. The van der Waals surface area contributed by atoms with Gasteiger partial charge in [-0.15, -0.1) is 0 Å². The van der Waals surface area contributed by atoms with Crippen LogP contribution in [-0.4, -0.2) is 23.9 Å². The van der Waals surface area contributed by atoms with Crippen LogP contribution in [0.4, 0.5) is 0 Å². The van der Waals surface area contributed by atoms with Crippen LogP contribution in [0.5, 0.6) is 0 Å². The van der Waals surface area contributed by atoms with Crippen molar-refractivity contribution in [1.82, 2.24) is 0 Å². The lowest BCUT2D eigenvalue weighted by molar-refractivity contribution is -0.0202. The van der Waals surface area contributed by atoms with E-state index in [2.05, 4.69) is 0 Å². The topological polar surface area (TPSA) is 29.5 Å². The highest BCUT2D eigenvalue weighted by atomic mass is 16.5. The van der Waals surface area contributed by atoms with Gasteiger partial charge < -0.3 is 9.84 Å². The molecule has 2 fully saturated rings. The molecule has 1 aliphatic carbocycles. The van der Waals surface area contributed by atoms with E-state index in [9.17, 15) is 5.11 Å². The van der Waals surface area contributed by atoms with Crippen molar-refractivity contribution >= 4 is 0 Å². The van der Waals surface area contributed by atoms with Crippen LogP contribution in [-0.2, 0) is 4.74 Å². The summed E-state index contributed by atoms with van der Waals surface area (Å²) in [6, 6.07) is 0.